The number of hydrogen-bond donors (Lipinski definition) is 1. The molecule has 1 aromatic heterocycles. The first-order valence-electron chi connectivity index (χ1n) is 6.90. The molecule has 0 radical (unpaired) electrons. The number of hydrogen-bond acceptors (Lipinski definition) is 4. The van der Waals surface area contributed by atoms with Gasteiger partial charge in [0.2, 0.25) is 0 Å². The number of ether oxygens (including phenoxy) is 1. The zero-order valence-electron chi connectivity index (χ0n) is 12.3. The van der Waals surface area contributed by atoms with E-state index in [0.717, 1.165) is 35.3 Å². The second-order valence-electron chi connectivity index (χ2n) is 5.12. The number of nitrogens with zero attached hydrogens (tertiary/aromatic N) is 2. The molecule has 0 amide bonds. The summed E-state index contributed by atoms with van der Waals surface area (Å²) in [6.45, 7) is 6.11. The molecule has 0 spiro atoms. The maximum Gasteiger partial charge on any atom is 0.321 e. The smallest absolute Gasteiger partial charge is 0.321 e. The van der Waals surface area contributed by atoms with E-state index < -0.39 is 0 Å². The maximum atomic E-state index is 5.92. The van der Waals surface area contributed by atoms with E-state index in [9.17, 15) is 0 Å². The summed E-state index contributed by atoms with van der Waals surface area (Å²) in [6, 6.07) is 6.59. The topological polar surface area (TPSA) is 61.0 Å². The van der Waals surface area contributed by atoms with Crippen LogP contribution in [0.5, 0.6) is 11.8 Å². The van der Waals surface area contributed by atoms with Gasteiger partial charge in [0.15, 0.2) is 0 Å². The van der Waals surface area contributed by atoms with Gasteiger partial charge in [-0.2, -0.15) is 0 Å². The molecule has 1 heterocycles. The lowest BCUT2D eigenvalue weighted by molar-refractivity contribution is 0.437. The quantitative estimate of drug-likeness (QED) is 0.907. The highest BCUT2D eigenvalue weighted by atomic mass is 16.5. The fourth-order valence-electron chi connectivity index (χ4n) is 1.86. The second kappa shape index (κ2) is 6.48. The first-order valence-corrected chi connectivity index (χ1v) is 6.90. The van der Waals surface area contributed by atoms with Crippen LogP contribution in [0.4, 0.5) is 0 Å². The predicted octanol–water partition coefficient (Wildman–Crippen LogP) is 3.17. The van der Waals surface area contributed by atoms with Crippen LogP contribution >= 0.6 is 0 Å². The summed E-state index contributed by atoms with van der Waals surface area (Å²) in [4.78, 5) is 8.49. The highest BCUT2D eigenvalue weighted by Crippen LogP contribution is 2.23. The summed E-state index contributed by atoms with van der Waals surface area (Å²) in [6.07, 6.45) is 5.30. The van der Waals surface area contributed by atoms with Crippen molar-refractivity contribution in [2.24, 2.45) is 5.73 Å². The molecule has 20 heavy (non-hydrogen) atoms. The van der Waals surface area contributed by atoms with Gasteiger partial charge in [-0.3, -0.25) is 0 Å². The van der Waals surface area contributed by atoms with Crippen molar-refractivity contribution in [1.82, 2.24) is 9.97 Å². The van der Waals surface area contributed by atoms with Crippen molar-refractivity contribution < 1.29 is 4.74 Å². The minimum atomic E-state index is 0.157. The van der Waals surface area contributed by atoms with Crippen LogP contribution in [0.25, 0.3) is 0 Å². The molecule has 2 rings (SSSR count). The van der Waals surface area contributed by atoms with E-state index in [-0.39, 0.29) is 6.04 Å². The van der Waals surface area contributed by atoms with Gasteiger partial charge in [0.25, 0.3) is 0 Å². The summed E-state index contributed by atoms with van der Waals surface area (Å²) in [7, 11) is 0. The fourth-order valence-corrected chi connectivity index (χ4v) is 1.86. The Balaban J connectivity index is 2.09. The van der Waals surface area contributed by atoms with Crippen molar-refractivity contribution in [3.8, 4) is 11.8 Å². The van der Waals surface area contributed by atoms with Crippen molar-refractivity contribution in [2.75, 3.05) is 0 Å². The Morgan fingerprint density at radius 2 is 1.90 bits per heavy atom. The van der Waals surface area contributed by atoms with Crippen molar-refractivity contribution in [2.45, 2.75) is 39.7 Å². The molecular weight excluding hydrogens is 250 g/mol. The number of aryl methyl sites for hydroxylation is 2. The van der Waals surface area contributed by atoms with E-state index in [1.807, 2.05) is 26.0 Å². The van der Waals surface area contributed by atoms with Crippen LogP contribution in [0, 0.1) is 13.8 Å². The Labute approximate surface area is 120 Å². The number of benzene rings is 1. The van der Waals surface area contributed by atoms with E-state index in [0.29, 0.717) is 6.01 Å². The van der Waals surface area contributed by atoms with E-state index in [1.165, 1.54) is 0 Å². The Morgan fingerprint density at radius 3 is 2.55 bits per heavy atom. The fraction of sp³-hybridized carbons (Fsp3) is 0.375. The van der Waals surface area contributed by atoms with Crippen LogP contribution < -0.4 is 10.5 Å². The zero-order valence-corrected chi connectivity index (χ0v) is 12.3. The van der Waals surface area contributed by atoms with Gasteiger partial charge in [0.1, 0.15) is 5.75 Å². The Hall–Kier alpha value is -1.94. The summed E-state index contributed by atoms with van der Waals surface area (Å²) in [5.41, 5.74) is 9.17. The monoisotopic (exact) mass is 271 g/mol. The van der Waals surface area contributed by atoms with Crippen molar-refractivity contribution in [3.05, 3.63) is 47.3 Å². The van der Waals surface area contributed by atoms with E-state index in [2.05, 4.69) is 23.0 Å². The minimum Gasteiger partial charge on any atom is -0.424 e. The number of nitrogens with two attached hydrogens (primary N) is 1. The molecule has 4 nitrogen and oxygen atoms in total. The van der Waals surface area contributed by atoms with E-state index in [4.69, 9.17) is 10.5 Å². The van der Waals surface area contributed by atoms with Crippen LogP contribution in [0.2, 0.25) is 0 Å². The lowest BCUT2D eigenvalue weighted by Crippen LogP contribution is -2.21. The Morgan fingerprint density at radius 1 is 1.20 bits per heavy atom. The molecule has 1 unspecified atom stereocenters. The summed E-state index contributed by atoms with van der Waals surface area (Å²) >= 11 is 0. The molecule has 106 valence electrons. The third kappa shape index (κ3) is 3.78. The normalized spacial score (nSPS) is 12.2. The molecule has 1 atom stereocenters. The van der Waals surface area contributed by atoms with Gasteiger partial charge in [0.05, 0.1) is 0 Å². The summed E-state index contributed by atoms with van der Waals surface area (Å²) in [5.74, 6) is 0.794. The zero-order chi connectivity index (χ0) is 14.5. The molecule has 0 aliphatic rings. The average molecular weight is 271 g/mol. The molecule has 0 fully saturated rings. The minimum absolute atomic E-state index is 0.157. The highest BCUT2D eigenvalue weighted by Gasteiger charge is 2.06. The van der Waals surface area contributed by atoms with Gasteiger partial charge in [-0.25, -0.2) is 9.97 Å². The lowest BCUT2D eigenvalue weighted by Gasteiger charge is -2.10. The first kappa shape index (κ1) is 14.5. The molecule has 0 aliphatic heterocycles. The van der Waals surface area contributed by atoms with Crippen LogP contribution in [0.1, 0.15) is 30.0 Å². The molecule has 0 saturated carbocycles. The van der Waals surface area contributed by atoms with Crippen LogP contribution in [0.3, 0.4) is 0 Å². The van der Waals surface area contributed by atoms with Crippen molar-refractivity contribution in [1.29, 1.82) is 0 Å². The van der Waals surface area contributed by atoms with Crippen LogP contribution in [-0.2, 0) is 6.42 Å². The van der Waals surface area contributed by atoms with E-state index in [1.54, 1.807) is 12.4 Å². The number of aromatic nitrogens is 2. The molecule has 0 saturated heterocycles. The lowest BCUT2D eigenvalue weighted by atomic mass is 10.1. The van der Waals surface area contributed by atoms with Crippen LogP contribution in [0.15, 0.2) is 30.6 Å². The van der Waals surface area contributed by atoms with Crippen molar-refractivity contribution >= 4 is 0 Å². The highest BCUT2D eigenvalue weighted by molar-refractivity contribution is 5.37. The predicted molar refractivity (Wildman–Crippen MR) is 80.0 cm³/mol. The molecule has 4 heteroatoms. The standard InChI is InChI=1S/C16H21N3O/c1-4-14(17)8-13-9-18-16(19-10-13)20-15-7-11(2)5-6-12(15)3/h5-7,9-10,14H,4,8,17H2,1-3H3. The number of rotatable bonds is 5. The van der Waals surface area contributed by atoms with Gasteiger partial charge in [0, 0.05) is 18.4 Å². The van der Waals surface area contributed by atoms with Crippen LogP contribution in [-0.4, -0.2) is 16.0 Å². The van der Waals surface area contributed by atoms with Gasteiger partial charge in [-0.05, 0) is 49.4 Å². The SMILES string of the molecule is CCC(N)Cc1cnc(Oc2cc(C)ccc2C)nc1. The van der Waals surface area contributed by atoms with Gasteiger partial charge in [-0.1, -0.05) is 19.1 Å². The van der Waals surface area contributed by atoms with Gasteiger partial charge in [-0.15, -0.1) is 0 Å². The molecule has 2 aromatic rings. The molecule has 1 aromatic carbocycles. The molecule has 0 aliphatic carbocycles. The third-order valence-electron chi connectivity index (χ3n) is 3.25. The van der Waals surface area contributed by atoms with Gasteiger partial charge >= 0.3 is 6.01 Å². The molecule has 0 bridgehead atoms. The molecular formula is C16H21N3O. The molecule has 2 N–H and O–H groups in total. The Bertz CT molecular complexity index is 566. The summed E-state index contributed by atoms with van der Waals surface area (Å²) < 4.78 is 5.72. The third-order valence-corrected chi connectivity index (χ3v) is 3.25. The summed E-state index contributed by atoms with van der Waals surface area (Å²) in [5, 5.41) is 0. The van der Waals surface area contributed by atoms with Gasteiger partial charge < -0.3 is 10.5 Å². The largest absolute Gasteiger partial charge is 0.424 e. The van der Waals surface area contributed by atoms with E-state index >= 15 is 0 Å². The van der Waals surface area contributed by atoms with Crippen molar-refractivity contribution in [3.63, 3.8) is 0 Å². The maximum absolute atomic E-state index is 5.92. The second-order valence-corrected chi connectivity index (χ2v) is 5.12. The average Bonchev–Trinajstić information content (AvgIpc) is 2.45. The Kier molecular flexibility index (Phi) is 4.69. The first-order chi connectivity index (χ1) is 9.58.